The van der Waals surface area contributed by atoms with E-state index in [1.807, 2.05) is 33.1 Å². The maximum Gasteiger partial charge on any atom is 0.246 e. The molecule has 1 heterocycles. The van der Waals surface area contributed by atoms with Crippen LogP contribution >= 0.6 is 0 Å². The quantitative estimate of drug-likeness (QED) is 0.353. The highest BCUT2D eigenvalue weighted by molar-refractivity contribution is 6.07. The van der Waals surface area contributed by atoms with Crippen molar-refractivity contribution in [3.8, 4) is 16.9 Å². The third kappa shape index (κ3) is 3.70. The van der Waals surface area contributed by atoms with Crippen molar-refractivity contribution < 1.29 is 13.9 Å². The number of carbonyl (C=O) groups is 1. The molecule has 158 valence electrons. The first kappa shape index (κ1) is 20.7. The van der Waals surface area contributed by atoms with Crippen LogP contribution in [-0.4, -0.2) is 31.5 Å². The molecule has 0 aliphatic heterocycles. The van der Waals surface area contributed by atoms with E-state index in [1.165, 1.54) is 10.8 Å². The SMILES string of the molecule is CCOc1c(/C(C)=C/C(=O)N(C)C)cc2c(-c3cccc4ccccc34)coc2c1C. The summed E-state index contributed by atoms with van der Waals surface area (Å²) in [6, 6.07) is 16.7. The Morgan fingerprint density at radius 1 is 1.06 bits per heavy atom. The Bertz CT molecular complexity index is 1310. The van der Waals surface area contributed by atoms with Crippen molar-refractivity contribution in [2.45, 2.75) is 20.8 Å². The fraction of sp³-hybridized carbons (Fsp3) is 0.222. The standard InChI is InChI=1S/C27H27NO3/c1-6-30-26-18(3)27-23(15-22(26)17(2)14-25(29)28(4)5)24(16-31-27)21-13-9-11-19-10-7-8-12-20(19)21/h7-16H,6H2,1-5H3/b17-14+. The number of nitrogens with zero attached hydrogens (tertiary/aromatic N) is 1. The van der Waals surface area contributed by atoms with Crippen LogP contribution in [-0.2, 0) is 4.79 Å². The fourth-order valence-electron chi connectivity index (χ4n) is 4.00. The Morgan fingerprint density at radius 3 is 2.55 bits per heavy atom. The smallest absolute Gasteiger partial charge is 0.246 e. The first-order chi connectivity index (χ1) is 14.9. The van der Waals surface area contributed by atoms with E-state index in [4.69, 9.17) is 9.15 Å². The summed E-state index contributed by atoms with van der Waals surface area (Å²) >= 11 is 0. The number of carbonyl (C=O) groups excluding carboxylic acids is 1. The van der Waals surface area contributed by atoms with Gasteiger partial charge in [0.05, 0.1) is 12.9 Å². The lowest BCUT2D eigenvalue weighted by molar-refractivity contribution is -0.123. The van der Waals surface area contributed by atoms with Crippen molar-refractivity contribution in [3.05, 3.63) is 72.0 Å². The van der Waals surface area contributed by atoms with E-state index < -0.39 is 0 Å². The highest BCUT2D eigenvalue weighted by Crippen LogP contribution is 2.42. The lowest BCUT2D eigenvalue weighted by Gasteiger charge is -2.15. The summed E-state index contributed by atoms with van der Waals surface area (Å²) in [7, 11) is 3.50. The Balaban J connectivity index is 1.99. The van der Waals surface area contributed by atoms with Gasteiger partial charge in [0.1, 0.15) is 11.3 Å². The molecule has 0 unspecified atom stereocenters. The summed E-state index contributed by atoms with van der Waals surface area (Å²) in [5.41, 5.74) is 5.67. The predicted molar refractivity (Wildman–Crippen MR) is 127 cm³/mol. The molecule has 0 saturated heterocycles. The average Bonchev–Trinajstić information content (AvgIpc) is 3.19. The van der Waals surface area contributed by atoms with Crippen molar-refractivity contribution in [3.63, 3.8) is 0 Å². The van der Waals surface area contributed by atoms with Crippen LogP contribution in [0.3, 0.4) is 0 Å². The molecule has 0 bridgehead atoms. The maximum absolute atomic E-state index is 12.3. The zero-order chi connectivity index (χ0) is 22.1. The molecule has 4 nitrogen and oxygen atoms in total. The summed E-state index contributed by atoms with van der Waals surface area (Å²) in [5, 5.41) is 3.37. The van der Waals surface area contributed by atoms with Crippen LogP contribution in [0.4, 0.5) is 0 Å². The monoisotopic (exact) mass is 413 g/mol. The van der Waals surface area contributed by atoms with Gasteiger partial charge in [0.15, 0.2) is 0 Å². The number of hydrogen-bond acceptors (Lipinski definition) is 3. The second kappa shape index (κ2) is 8.31. The van der Waals surface area contributed by atoms with Gasteiger partial charge in [-0.1, -0.05) is 42.5 Å². The molecule has 31 heavy (non-hydrogen) atoms. The van der Waals surface area contributed by atoms with Gasteiger partial charge in [0, 0.05) is 42.2 Å². The number of fused-ring (bicyclic) bond motifs is 2. The van der Waals surface area contributed by atoms with Crippen molar-refractivity contribution in [1.29, 1.82) is 0 Å². The molecule has 0 fully saturated rings. The Kier molecular flexibility index (Phi) is 5.55. The van der Waals surface area contributed by atoms with Crippen molar-refractivity contribution in [2.75, 3.05) is 20.7 Å². The van der Waals surface area contributed by atoms with E-state index in [0.29, 0.717) is 6.61 Å². The van der Waals surface area contributed by atoms with Crippen LogP contribution in [0.2, 0.25) is 0 Å². The highest BCUT2D eigenvalue weighted by atomic mass is 16.5. The molecule has 0 aliphatic rings. The Labute approximate surface area is 182 Å². The minimum Gasteiger partial charge on any atom is -0.493 e. The number of hydrogen-bond donors (Lipinski definition) is 0. The predicted octanol–water partition coefficient (Wildman–Crippen LogP) is 6.45. The summed E-state index contributed by atoms with van der Waals surface area (Å²) < 4.78 is 12.0. The van der Waals surface area contributed by atoms with Gasteiger partial charge >= 0.3 is 0 Å². The molecule has 0 aliphatic carbocycles. The van der Waals surface area contributed by atoms with E-state index in [1.54, 1.807) is 25.1 Å². The largest absolute Gasteiger partial charge is 0.493 e. The molecule has 0 N–H and O–H groups in total. The minimum atomic E-state index is -0.0563. The summed E-state index contributed by atoms with van der Waals surface area (Å²) in [5.74, 6) is 0.702. The normalized spacial score (nSPS) is 11.8. The number of ether oxygens (including phenoxy) is 1. The number of furan rings is 1. The second-order valence-electron chi connectivity index (χ2n) is 7.92. The van der Waals surface area contributed by atoms with Gasteiger partial charge in [-0.3, -0.25) is 4.79 Å². The van der Waals surface area contributed by atoms with Crippen LogP contribution in [0, 0.1) is 6.92 Å². The maximum atomic E-state index is 12.3. The lowest BCUT2D eigenvalue weighted by atomic mass is 9.94. The van der Waals surface area contributed by atoms with Crippen LogP contribution in [0.15, 0.2) is 65.3 Å². The van der Waals surface area contributed by atoms with E-state index in [0.717, 1.165) is 44.5 Å². The van der Waals surface area contributed by atoms with Gasteiger partial charge in [-0.15, -0.1) is 0 Å². The first-order valence-electron chi connectivity index (χ1n) is 10.5. The van der Waals surface area contributed by atoms with E-state index in [9.17, 15) is 4.79 Å². The average molecular weight is 414 g/mol. The van der Waals surface area contributed by atoms with E-state index in [2.05, 4.69) is 42.5 Å². The first-order valence-corrected chi connectivity index (χ1v) is 10.5. The molecule has 0 saturated carbocycles. The molecule has 0 radical (unpaired) electrons. The van der Waals surface area contributed by atoms with E-state index in [-0.39, 0.29) is 5.91 Å². The molecular formula is C27H27NO3. The Hall–Kier alpha value is -3.53. The van der Waals surface area contributed by atoms with Crippen molar-refractivity contribution in [2.24, 2.45) is 0 Å². The number of aryl methyl sites for hydroxylation is 1. The fourth-order valence-corrected chi connectivity index (χ4v) is 4.00. The minimum absolute atomic E-state index is 0.0563. The molecule has 1 amide bonds. The summed E-state index contributed by atoms with van der Waals surface area (Å²) in [4.78, 5) is 13.9. The lowest BCUT2D eigenvalue weighted by Crippen LogP contribution is -2.19. The van der Waals surface area contributed by atoms with E-state index >= 15 is 0 Å². The molecule has 4 rings (SSSR count). The number of benzene rings is 3. The van der Waals surface area contributed by atoms with Crippen LogP contribution < -0.4 is 4.74 Å². The van der Waals surface area contributed by atoms with Crippen molar-refractivity contribution in [1.82, 2.24) is 4.90 Å². The second-order valence-corrected chi connectivity index (χ2v) is 7.92. The van der Waals surface area contributed by atoms with Crippen molar-refractivity contribution >= 4 is 33.2 Å². The van der Waals surface area contributed by atoms with Gasteiger partial charge in [-0.2, -0.15) is 0 Å². The van der Waals surface area contributed by atoms with Crippen LogP contribution in [0.5, 0.6) is 5.75 Å². The van der Waals surface area contributed by atoms with Gasteiger partial charge in [-0.25, -0.2) is 0 Å². The third-order valence-electron chi connectivity index (χ3n) is 5.62. The topological polar surface area (TPSA) is 42.7 Å². The molecule has 0 spiro atoms. The van der Waals surface area contributed by atoms with Crippen LogP contribution in [0.1, 0.15) is 25.0 Å². The van der Waals surface area contributed by atoms with Gasteiger partial charge in [0.25, 0.3) is 0 Å². The molecule has 4 aromatic rings. The summed E-state index contributed by atoms with van der Waals surface area (Å²) in [6.45, 7) is 6.45. The molecule has 1 aromatic heterocycles. The number of amides is 1. The zero-order valence-electron chi connectivity index (χ0n) is 18.7. The molecular weight excluding hydrogens is 386 g/mol. The Morgan fingerprint density at radius 2 is 1.81 bits per heavy atom. The number of allylic oxidation sites excluding steroid dienone is 1. The van der Waals surface area contributed by atoms with Gasteiger partial charge in [-0.05, 0) is 48.7 Å². The van der Waals surface area contributed by atoms with Gasteiger partial charge in [0.2, 0.25) is 5.91 Å². The molecule has 4 heteroatoms. The third-order valence-corrected chi connectivity index (χ3v) is 5.62. The number of rotatable bonds is 5. The summed E-state index contributed by atoms with van der Waals surface area (Å²) in [6.07, 6.45) is 3.48. The zero-order valence-corrected chi connectivity index (χ0v) is 18.7. The number of likely N-dealkylation sites (N-methyl/N-ethyl adjacent to an activating group) is 1. The van der Waals surface area contributed by atoms with Gasteiger partial charge < -0.3 is 14.1 Å². The molecule has 3 aromatic carbocycles. The molecule has 0 atom stereocenters. The van der Waals surface area contributed by atoms with Crippen LogP contribution in [0.25, 0.3) is 38.4 Å². The highest BCUT2D eigenvalue weighted by Gasteiger charge is 2.20.